The average Bonchev–Trinajstić information content (AvgIpc) is 3.04. The van der Waals surface area contributed by atoms with Crippen LogP contribution in [0.3, 0.4) is 0 Å². The van der Waals surface area contributed by atoms with Crippen LogP contribution in [0.4, 0.5) is 18.9 Å². The molecule has 152 valence electrons. The van der Waals surface area contributed by atoms with Crippen molar-refractivity contribution in [2.75, 3.05) is 0 Å². The molecule has 30 heavy (non-hydrogen) atoms. The molecule has 10 heteroatoms. The Morgan fingerprint density at radius 1 is 1.03 bits per heavy atom. The molecule has 2 heterocycles. The van der Waals surface area contributed by atoms with Crippen LogP contribution < -0.4 is 5.56 Å². The molecular weight excluding hydrogens is 401 g/mol. The van der Waals surface area contributed by atoms with Crippen molar-refractivity contribution < 1.29 is 18.1 Å². The Kier molecular flexibility index (Phi) is 4.41. The van der Waals surface area contributed by atoms with Crippen LogP contribution in [0.15, 0.2) is 59.4 Å². The van der Waals surface area contributed by atoms with Gasteiger partial charge in [-0.1, -0.05) is 42.5 Å². The molecule has 0 aliphatic rings. The summed E-state index contributed by atoms with van der Waals surface area (Å²) in [7, 11) is 0. The van der Waals surface area contributed by atoms with Gasteiger partial charge in [0.05, 0.1) is 10.5 Å². The number of halogens is 3. The summed E-state index contributed by atoms with van der Waals surface area (Å²) in [5.74, 6) is 0. The summed E-state index contributed by atoms with van der Waals surface area (Å²) in [4.78, 5) is 28.0. The summed E-state index contributed by atoms with van der Waals surface area (Å²) < 4.78 is 39.6. The van der Waals surface area contributed by atoms with Crippen LogP contribution in [0.1, 0.15) is 11.3 Å². The van der Waals surface area contributed by atoms with E-state index >= 15 is 0 Å². The Morgan fingerprint density at radius 2 is 1.67 bits per heavy atom. The fourth-order valence-electron chi connectivity index (χ4n) is 3.31. The van der Waals surface area contributed by atoms with Crippen molar-refractivity contribution in [1.82, 2.24) is 14.6 Å². The molecule has 0 atom stereocenters. The number of aromatic nitrogens is 3. The molecule has 7 nitrogen and oxygen atoms in total. The predicted octanol–water partition coefficient (Wildman–Crippen LogP) is 4.59. The zero-order valence-corrected chi connectivity index (χ0v) is 15.4. The minimum Gasteiger partial charge on any atom is -0.293 e. The van der Waals surface area contributed by atoms with E-state index in [9.17, 15) is 28.1 Å². The summed E-state index contributed by atoms with van der Waals surface area (Å²) in [5, 5.41) is 14.3. The van der Waals surface area contributed by atoms with Gasteiger partial charge in [0.1, 0.15) is 0 Å². The van der Waals surface area contributed by atoms with Crippen molar-refractivity contribution in [2.45, 2.75) is 13.1 Å². The second-order valence-corrected chi connectivity index (χ2v) is 6.58. The van der Waals surface area contributed by atoms with Gasteiger partial charge in [-0.2, -0.15) is 17.7 Å². The van der Waals surface area contributed by atoms with Crippen molar-refractivity contribution in [2.24, 2.45) is 0 Å². The fourth-order valence-corrected chi connectivity index (χ4v) is 3.31. The van der Waals surface area contributed by atoms with Gasteiger partial charge < -0.3 is 0 Å². The van der Waals surface area contributed by atoms with E-state index in [0.29, 0.717) is 22.4 Å². The van der Waals surface area contributed by atoms with E-state index in [-0.39, 0.29) is 11.3 Å². The standard InChI is InChI=1S/C20H13F3N4O3/c1-11-15(12-7-9-14(10-8-12)20(21,22)23)18-24-16(13-5-3-2-4-6-13)17(27(29)30)19(28)26(18)25-11/h2-10,25H,1H3. The van der Waals surface area contributed by atoms with Gasteiger partial charge in [-0.05, 0) is 24.6 Å². The normalized spacial score (nSPS) is 11.7. The Balaban J connectivity index is 2.01. The summed E-state index contributed by atoms with van der Waals surface area (Å²) in [6, 6.07) is 12.6. The lowest BCUT2D eigenvalue weighted by molar-refractivity contribution is -0.385. The Labute approximate surface area is 166 Å². The molecule has 4 rings (SSSR count). The number of nitrogens with one attached hydrogen (secondary N) is 1. The summed E-state index contributed by atoms with van der Waals surface area (Å²) in [6.07, 6.45) is -4.48. The van der Waals surface area contributed by atoms with Crippen LogP contribution in [0, 0.1) is 17.0 Å². The van der Waals surface area contributed by atoms with E-state index in [0.717, 1.165) is 16.6 Å². The number of fused-ring (bicyclic) bond motifs is 1. The molecule has 0 aliphatic carbocycles. The molecule has 1 N–H and O–H groups in total. The zero-order valence-electron chi connectivity index (χ0n) is 15.4. The molecule has 4 aromatic rings. The lowest BCUT2D eigenvalue weighted by Gasteiger charge is -2.08. The lowest BCUT2D eigenvalue weighted by atomic mass is 10.0. The topological polar surface area (TPSA) is 93.3 Å². The maximum atomic E-state index is 12.9. The number of aryl methyl sites for hydroxylation is 1. The van der Waals surface area contributed by atoms with Crippen molar-refractivity contribution in [3.8, 4) is 22.4 Å². The van der Waals surface area contributed by atoms with E-state index in [4.69, 9.17) is 0 Å². The molecular formula is C20H13F3N4O3. The van der Waals surface area contributed by atoms with E-state index in [1.165, 1.54) is 12.1 Å². The molecule has 0 bridgehead atoms. The van der Waals surface area contributed by atoms with Crippen LogP contribution in [0.5, 0.6) is 0 Å². The highest BCUT2D eigenvalue weighted by molar-refractivity contribution is 5.82. The van der Waals surface area contributed by atoms with Gasteiger partial charge in [0.15, 0.2) is 11.3 Å². The zero-order chi connectivity index (χ0) is 21.6. The van der Waals surface area contributed by atoms with Crippen molar-refractivity contribution in [1.29, 1.82) is 0 Å². The Hall–Kier alpha value is -3.95. The Bertz CT molecular complexity index is 1320. The monoisotopic (exact) mass is 414 g/mol. The third kappa shape index (κ3) is 3.11. The Morgan fingerprint density at radius 3 is 2.23 bits per heavy atom. The first kappa shape index (κ1) is 19.4. The molecule has 0 spiro atoms. The number of aromatic amines is 1. The first-order valence-corrected chi connectivity index (χ1v) is 8.71. The third-order valence-electron chi connectivity index (χ3n) is 4.67. The van der Waals surface area contributed by atoms with Gasteiger partial charge >= 0.3 is 17.4 Å². The van der Waals surface area contributed by atoms with Crippen molar-refractivity contribution >= 4 is 11.3 Å². The number of hydrogen-bond acceptors (Lipinski definition) is 4. The molecule has 0 fully saturated rings. The summed E-state index contributed by atoms with van der Waals surface area (Å²) in [6.45, 7) is 1.61. The van der Waals surface area contributed by atoms with Crippen LogP contribution in [0.25, 0.3) is 28.0 Å². The molecule has 0 radical (unpaired) electrons. The van der Waals surface area contributed by atoms with Gasteiger partial charge in [0.2, 0.25) is 0 Å². The molecule has 0 amide bonds. The maximum Gasteiger partial charge on any atom is 0.416 e. The van der Waals surface area contributed by atoms with E-state index < -0.39 is 27.9 Å². The number of alkyl halides is 3. The highest BCUT2D eigenvalue weighted by Gasteiger charge is 2.31. The molecule has 2 aromatic carbocycles. The first-order valence-electron chi connectivity index (χ1n) is 8.71. The van der Waals surface area contributed by atoms with E-state index in [1.54, 1.807) is 37.3 Å². The quantitative estimate of drug-likeness (QED) is 0.392. The van der Waals surface area contributed by atoms with Crippen molar-refractivity contribution in [3.63, 3.8) is 0 Å². The highest BCUT2D eigenvalue weighted by atomic mass is 19.4. The molecule has 0 saturated carbocycles. The van der Waals surface area contributed by atoms with E-state index in [2.05, 4.69) is 10.1 Å². The van der Waals surface area contributed by atoms with Crippen LogP contribution in [-0.4, -0.2) is 19.5 Å². The van der Waals surface area contributed by atoms with Gasteiger partial charge in [0.25, 0.3) is 0 Å². The summed E-state index contributed by atoms with van der Waals surface area (Å²) >= 11 is 0. The van der Waals surface area contributed by atoms with Crippen LogP contribution >= 0.6 is 0 Å². The van der Waals surface area contributed by atoms with Crippen LogP contribution in [-0.2, 0) is 6.18 Å². The number of nitrogens with zero attached hydrogens (tertiary/aromatic N) is 3. The van der Waals surface area contributed by atoms with Crippen molar-refractivity contribution in [3.05, 3.63) is 86.3 Å². The number of benzene rings is 2. The summed E-state index contributed by atoms with van der Waals surface area (Å²) in [5.41, 5.74) is -0.871. The van der Waals surface area contributed by atoms with Gasteiger partial charge in [-0.3, -0.25) is 20.0 Å². The van der Waals surface area contributed by atoms with Gasteiger partial charge in [-0.25, -0.2) is 4.98 Å². The molecule has 0 saturated heterocycles. The minimum absolute atomic E-state index is 0.0849. The predicted molar refractivity (Wildman–Crippen MR) is 103 cm³/mol. The highest BCUT2D eigenvalue weighted by Crippen LogP contribution is 2.34. The number of nitro groups is 1. The average molecular weight is 414 g/mol. The van der Waals surface area contributed by atoms with E-state index in [1.807, 2.05) is 0 Å². The second-order valence-electron chi connectivity index (χ2n) is 6.58. The SMILES string of the molecule is Cc1[nH]n2c(=O)c([N+](=O)[O-])c(-c3ccccc3)nc2c1-c1ccc(C(F)(F)F)cc1. The molecule has 2 aromatic heterocycles. The minimum atomic E-state index is -4.48. The fraction of sp³-hybridized carbons (Fsp3) is 0.100. The van der Waals surface area contributed by atoms with Gasteiger partial charge in [0, 0.05) is 16.8 Å². The largest absolute Gasteiger partial charge is 0.416 e. The number of rotatable bonds is 3. The lowest BCUT2D eigenvalue weighted by Crippen LogP contribution is -2.20. The first-order chi connectivity index (χ1) is 14.2. The number of H-pyrrole nitrogens is 1. The third-order valence-corrected chi connectivity index (χ3v) is 4.67. The maximum absolute atomic E-state index is 12.9. The molecule has 0 aliphatic heterocycles. The second kappa shape index (κ2) is 6.83. The van der Waals surface area contributed by atoms with Crippen LogP contribution in [0.2, 0.25) is 0 Å². The number of hydrogen-bond donors (Lipinski definition) is 1. The smallest absolute Gasteiger partial charge is 0.293 e. The molecule has 0 unspecified atom stereocenters. The van der Waals surface area contributed by atoms with Gasteiger partial charge in [-0.15, -0.1) is 0 Å².